The molecule has 0 aliphatic heterocycles. The van der Waals surface area contributed by atoms with Crippen LogP contribution < -0.4 is 0 Å². The van der Waals surface area contributed by atoms with Crippen molar-refractivity contribution in [3.8, 4) is 0 Å². The van der Waals surface area contributed by atoms with E-state index in [4.69, 9.17) is 9.84 Å². The van der Waals surface area contributed by atoms with Gasteiger partial charge in [0.2, 0.25) is 0 Å². The molecule has 0 saturated carbocycles. The zero-order valence-electron chi connectivity index (χ0n) is 9.06. The van der Waals surface area contributed by atoms with Gasteiger partial charge in [-0.05, 0) is 20.3 Å². The van der Waals surface area contributed by atoms with Gasteiger partial charge in [-0.1, -0.05) is 0 Å². The van der Waals surface area contributed by atoms with Crippen molar-refractivity contribution in [2.45, 2.75) is 26.8 Å². The first-order valence-corrected chi connectivity index (χ1v) is 5.00. The molecule has 1 aromatic heterocycles. The number of ether oxygens (including phenoxy) is 1. The van der Waals surface area contributed by atoms with Crippen LogP contribution in [0.1, 0.15) is 29.4 Å². The maximum absolute atomic E-state index is 10.7. The normalized spacial score (nSPS) is 10.5. The lowest BCUT2D eigenvalue weighted by atomic mass is 10.3. The van der Waals surface area contributed by atoms with Crippen molar-refractivity contribution in [3.63, 3.8) is 0 Å². The SMILES string of the molecule is CCOCCCn1cc(C(=O)O)c(C)n1. The van der Waals surface area contributed by atoms with Crippen LogP contribution >= 0.6 is 0 Å². The fourth-order valence-electron chi connectivity index (χ4n) is 1.32. The molecule has 0 atom stereocenters. The number of aryl methyl sites for hydroxylation is 2. The number of aromatic carboxylic acids is 1. The Balaban J connectivity index is 2.48. The molecule has 5 heteroatoms. The highest BCUT2D eigenvalue weighted by molar-refractivity contribution is 5.88. The Bertz CT molecular complexity index is 333. The summed E-state index contributed by atoms with van der Waals surface area (Å²) in [4.78, 5) is 10.7. The number of carbonyl (C=O) groups is 1. The molecule has 0 fully saturated rings. The lowest BCUT2D eigenvalue weighted by Crippen LogP contribution is -2.03. The van der Waals surface area contributed by atoms with Crippen LogP contribution in [-0.2, 0) is 11.3 Å². The quantitative estimate of drug-likeness (QED) is 0.722. The van der Waals surface area contributed by atoms with Gasteiger partial charge in [0.05, 0.1) is 5.69 Å². The monoisotopic (exact) mass is 212 g/mol. The predicted octanol–water partition coefficient (Wildman–Crippen LogP) is 1.32. The minimum absolute atomic E-state index is 0.270. The van der Waals surface area contributed by atoms with Gasteiger partial charge in [-0.3, -0.25) is 4.68 Å². The van der Waals surface area contributed by atoms with Crippen LogP contribution in [0.4, 0.5) is 0 Å². The molecule has 0 aliphatic carbocycles. The van der Waals surface area contributed by atoms with E-state index in [2.05, 4.69) is 5.10 Å². The Morgan fingerprint density at radius 2 is 2.40 bits per heavy atom. The van der Waals surface area contributed by atoms with Crippen molar-refractivity contribution in [2.24, 2.45) is 0 Å². The molecule has 5 nitrogen and oxygen atoms in total. The first-order chi connectivity index (χ1) is 7.15. The lowest BCUT2D eigenvalue weighted by Gasteiger charge is -2.01. The molecule has 1 N–H and O–H groups in total. The summed E-state index contributed by atoms with van der Waals surface area (Å²) in [5.41, 5.74) is 0.824. The fourth-order valence-corrected chi connectivity index (χ4v) is 1.32. The number of nitrogens with zero attached hydrogens (tertiary/aromatic N) is 2. The van der Waals surface area contributed by atoms with Crippen molar-refractivity contribution in [1.82, 2.24) is 9.78 Å². The van der Waals surface area contributed by atoms with E-state index < -0.39 is 5.97 Å². The molecule has 0 amide bonds. The first kappa shape index (κ1) is 11.7. The van der Waals surface area contributed by atoms with Crippen molar-refractivity contribution >= 4 is 5.97 Å². The molecule has 84 valence electrons. The molecule has 15 heavy (non-hydrogen) atoms. The van der Waals surface area contributed by atoms with Crippen LogP contribution in [0, 0.1) is 6.92 Å². The van der Waals surface area contributed by atoms with Gasteiger partial charge < -0.3 is 9.84 Å². The molecular weight excluding hydrogens is 196 g/mol. The van der Waals surface area contributed by atoms with Gasteiger partial charge in [0.1, 0.15) is 5.56 Å². The maximum Gasteiger partial charge on any atom is 0.339 e. The van der Waals surface area contributed by atoms with E-state index >= 15 is 0 Å². The van der Waals surface area contributed by atoms with Gasteiger partial charge in [0.15, 0.2) is 0 Å². The topological polar surface area (TPSA) is 64.3 Å². The highest BCUT2D eigenvalue weighted by Gasteiger charge is 2.10. The Hall–Kier alpha value is -1.36. The molecule has 1 heterocycles. The molecule has 0 aliphatic rings. The molecule has 1 aromatic rings. The summed E-state index contributed by atoms with van der Waals surface area (Å²) < 4.78 is 6.83. The van der Waals surface area contributed by atoms with Gasteiger partial charge >= 0.3 is 5.97 Å². The molecule has 1 rings (SSSR count). The average molecular weight is 212 g/mol. The number of carboxylic acids is 1. The molecule has 0 unspecified atom stereocenters. The summed E-state index contributed by atoms with van der Waals surface area (Å²) >= 11 is 0. The molecule has 0 saturated heterocycles. The van der Waals surface area contributed by atoms with Crippen molar-refractivity contribution < 1.29 is 14.6 Å². The largest absolute Gasteiger partial charge is 0.478 e. The smallest absolute Gasteiger partial charge is 0.339 e. The summed E-state index contributed by atoms with van der Waals surface area (Å²) in [6.45, 7) is 5.72. The van der Waals surface area contributed by atoms with E-state index in [0.717, 1.165) is 6.42 Å². The number of aromatic nitrogens is 2. The number of hydrogen-bond donors (Lipinski definition) is 1. The maximum atomic E-state index is 10.7. The van der Waals surface area contributed by atoms with Gasteiger partial charge in [0.25, 0.3) is 0 Å². The summed E-state index contributed by atoms with van der Waals surface area (Å²) in [7, 11) is 0. The zero-order valence-corrected chi connectivity index (χ0v) is 9.06. The predicted molar refractivity (Wildman–Crippen MR) is 55.0 cm³/mol. The summed E-state index contributed by atoms with van der Waals surface area (Å²) in [5.74, 6) is -0.927. The zero-order chi connectivity index (χ0) is 11.3. The Kier molecular flexibility index (Phi) is 4.30. The molecule has 0 bridgehead atoms. The minimum Gasteiger partial charge on any atom is -0.478 e. The van der Waals surface area contributed by atoms with Crippen LogP contribution in [0.15, 0.2) is 6.20 Å². The summed E-state index contributed by atoms with van der Waals surface area (Å²) in [6.07, 6.45) is 2.40. The fraction of sp³-hybridized carbons (Fsp3) is 0.600. The van der Waals surface area contributed by atoms with Crippen molar-refractivity contribution in [1.29, 1.82) is 0 Å². The summed E-state index contributed by atoms with van der Waals surface area (Å²) in [6, 6.07) is 0. The van der Waals surface area contributed by atoms with E-state index in [1.165, 1.54) is 0 Å². The van der Waals surface area contributed by atoms with Crippen molar-refractivity contribution in [3.05, 3.63) is 17.5 Å². The van der Waals surface area contributed by atoms with Gasteiger partial charge in [-0.25, -0.2) is 4.79 Å². The Morgan fingerprint density at radius 1 is 1.67 bits per heavy atom. The number of rotatable bonds is 6. The standard InChI is InChI=1S/C10H16N2O3/c1-3-15-6-4-5-12-7-9(10(13)14)8(2)11-12/h7H,3-6H2,1-2H3,(H,13,14). The number of carboxylic acid groups (broad SMARTS) is 1. The van der Waals surface area contributed by atoms with Gasteiger partial charge in [-0.15, -0.1) is 0 Å². The molecule has 0 spiro atoms. The first-order valence-electron chi connectivity index (χ1n) is 5.00. The van der Waals surface area contributed by atoms with E-state index in [-0.39, 0.29) is 5.56 Å². The highest BCUT2D eigenvalue weighted by Crippen LogP contribution is 2.05. The van der Waals surface area contributed by atoms with Crippen LogP contribution in [0.25, 0.3) is 0 Å². The van der Waals surface area contributed by atoms with E-state index in [1.54, 1.807) is 17.8 Å². The van der Waals surface area contributed by atoms with Gasteiger partial charge in [-0.2, -0.15) is 5.10 Å². The van der Waals surface area contributed by atoms with Crippen LogP contribution in [-0.4, -0.2) is 34.1 Å². The number of hydrogen-bond acceptors (Lipinski definition) is 3. The van der Waals surface area contributed by atoms with E-state index in [1.807, 2.05) is 6.92 Å². The summed E-state index contributed by atoms with van der Waals surface area (Å²) in [5, 5.41) is 12.9. The average Bonchev–Trinajstić information content (AvgIpc) is 2.55. The third-order valence-electron chi connectivity index (χ3n) is 2.06. The van der Waals surface area contributed by atoms with Crippen LogP contribution in [0.5, 0.6) is 0 Å². The third-order valence-corrected chi connectivity index (χ3v) is 2.06. The van der Waals surface area contributed by atoms with E-state index in [9.17, 15) is 4.79 Å². The Labute approximate surface area is 88.7 Å². The molecule has 0 aromatic carbocycles. The Morgan fingerprint density at radius 3 is 2.93 bits per heavy atom. The molecule has 0 radical (unpaired) electrons. The van der Waals surface area contributed by atoms with Crippen LogP contribution in [0.3, 0.4) is 0 Å². The van der Waals surface area contributed by atoms with Crippen molar-refractivity contribution in [2.75, 3.05) is 13.2 Å². The van der Waals surface area contributed by atoms with Crippen LogP contribution in [0.2, 0.25) is 0 Å². The lowest BCUT2D eigenvalue weighted by molar-refractivity contribution is 0.0696. The second kappa shape index (κ2) is 5.50. The minimum atomic E-state index is -0.927. The second-order valence-electron chi connectivity index (χ2n) is 3.25. The highest BCUT2D eigenvalue weighted by atomic mass is 16.5. The third kappa shape index (κ3) is 3.36. The van der Waals surface area contributed by atoms with Gasteiger partial charge in [0, 0.05) is 26.0 Å². The van der Waals surface area contributed by atoms with E-state index in [0.29, 0.717) is 25.5 Å². The molecular formula is C10H16N2O3. The second-order valence-corrected chi connectivity index (χ2v) is 3.25.